The van der Waals surface area contributed by atoms with Crippen LogP contribution >= 0.6 is 0 Å². The van der Waals surface area contributed by atoms with Crippen molar-refractivity contribution < 1.29 is 4.79 Å². The Bertz CT molecular complexity index is 346. The Balaban J connectivity index is 2.25. The maximum absolute atomic E-state index is 11.1. The lowest BCUT2D eigenvalue weighted by Crippen LogP contribution is -2.45. The molecule has 14 heavy (non-hydrogen) atoms. The molecular weight excluding hydrogens is 178 g/mol. The third-order valence-corrected chi connectivity index (χ3v) is 3.02. The molecule has 1 unspecified atom stereocenters. The standard InChI is InChI=1S/C10H15N3O/c1-10(5-3-9(14)11-7-10)8-4-6-12-13(8)2/h4,6H,3,5,7H2,1-2H3,(H,11,14). The number of hydrogen-bond donors (Lipinski definition) is 1. The Morgan fingerprint density at radius 3 is 2.93 bits per heavy atom. The molecule has 4 heteroatoms. The van der Waals surface area contributed by atoms with Gasteiger partial charge in [0.25, 0.3) is 0 Å². The van der Waals surface area contributed by atoms with Crippen molar-refractivity contribution in [2.24, 2.45) is 7.05 Å². The van der Waals surface area contributed by atoms with Crippen LogP contribution in [0.2, 0.25) is 0 Å². The number of aromatic nitrogens is 2. The van der Waals surface area contributed by atoms with Gasteiger partial charge in [-0.2, -0.15) is 5.10 Å². The third-order valence-electron chi connectivity index (χ3n) is 3.02. The topological polar surface area (TPSA) is 46.9 Å². The minimum Gasteiger partial charge on any atom is -0.355 e. The minimum atomic E-state index is 0.0408. The van der Waals surface area contributed by atoms with Crippen LogP contribution < -0.4 is 5.32 Å². The summed E-state index contributed by atoms with van der Waals surface area (Å²) in [6.07, 6.45) is 3.32. The van der Waals surface area contributed by atoms with Crippen molar-refractivity contribution in [2.75, 3.05) is 6.54 Å². The van der Waals surface area contributed by atoms with Gasteiger partial charge in [-0.1, -0.05) is 6.92 Å². The summed E-state index contributed by atoms with van der Waals surface area (Å²) in [6.45, 7) is 2.88. The first-order valence-electron chi connectivity index (χ1n) is 4.87. The monoisotopic (exact) mass is 193 g/mol. The van der Waals surface area contributed by atoms with Crippen molar-refractivity contribution in [3.63, 3.8) is 0 Å². The highest BCUT2D eigenvalue weighted by Gasteiger charge is 2.33. The Morgan fingerprint density at radius 2 is 2.43 bits per heavy atom. The number of carbonyl (C=O) groups is 1. The molecule has 0 aromatic carbocycles. The van der Waals surface area contributed by atoms with E-state index >= 15 is 0 Å². The lowest BCUT2D eigenvalue weighted by atomic mass is 9.79. The molecular formula is C10H15N3O. The molecule has 1 atom stereocenters. The predicted molar refractivity (Wildman–Crippen MR) is 52.8 cm³/mol. The van der Waals surface area contributed by atoms with Gasteiger partial charge in [-0.15, -0.1) is 0 Å². The van der Waals surface area contributed by atoms with E-state index in [1.165, 1.54) is 5.69 Å². The van der Waals surface area contributed by atoms with Gasteiger partial charge in [0.15, 0.2) is 0 Å². The largest absolute Gasteiger partial charge is 0.355 e. The highest BCUT2D eigenvalue weighted by molar-refractivity contribution is 5.77. The van der Waals surface area contributed by atoms with E-state index < -0.39 is 0 Å². The third kappa shape index (κ3) is 1.41. The number of carbonyl (C=O) groups excluding carboxylic acids is 1. The average Bonchev–Trinajstić information content (AvgIpc) is 2.58. The van der Waals surface area contributed by atoms with Gasteiger partial charge in [-0.05, 0) is 12.5 Å². The highest BCUT2D eigenvalue weighted by Crippen LogP contribution is 2.30. The Hall–Kier alpha value is -1.32. The fourth-order valence-corrected chi connectivity index (χ4v) is 2.04. The van der Waals surface area contributed by atoms with Gasteiger partial charge in [0.05, 0.1) is 0 Å². The molecule has 1 aromatic heterocycles. The molecule has 1 aliphatic rings. The lowest BCUT2D eigenvalue weighted by Gasteiger charge is -2.33. The molecule has 76 valence electrons. The summed E-state index contributed by atoms with van der Waals surface area (Å²) < 4.78 is 1.89. The number of nitrogens with zero attached hydrogens (tertiary/aromatic N) is 2. The molecule has 0 saturated carbocycles. The van der Waals surface area contributed by atoms with Crippen molar-refractivity contribution in [1.82, 2.24) is 15.1 Å². The van der Waals surface area contributed by atoms with Crippen molar-refractivity contribution in [3.05, 3.63) is 18.0 Å². The smallest absolute Gasteiger partial charge is 0.220 e. The van der Waals surface area contributed by atoms with Gasteiger partial charge < -0.3 is 5.32 Å². The fraction of sp³-hybridized carbons (Fsp3) is 0.600. The second kappa shape index (κ2) is 3.12. The summed E-state index contributed by atoms with van der Waals surface area (Å²) >= 11 is 0. The quantitative estimate of drug-likeness (QED) is 0.709. The number of piperidine rings is 1. The molecule has 1 aliphatic heterocycles. The Kier molecular flexibility index (Phi) is 2.06. The molecule has 4 nitrogen and oxygen atoms in total. The van der Waals surface area contributed by atoms with E-state index in [9.17, 15) is 4.79 Å². The van der Waals surface area contributed by atoms with Gasteiger partial charge >= 0.3 is 0 Å². The zero-order chi connectivity index (χ0) is 10.2. The SMILES string of the molecule is Cn1nccc1C1(C)CCC(=O)NC1. The van der Waals surface area contributed by atoms with Crippen LogP contribution in [0.4, 0.5) is 0 Å². The van der Waals surface area contributed by atoms with E-state index in [1.807, 2.05) is 17.8 Å². The molecule has 0 spiro atoms. The highest BCUT2D eigenvalue weighted by atomic mass is 16.1. The van der Waals surface area contributed by atoms with Crippen LogP contribution in [0.25, 0.3) is 0 Å². The summed E-state index contributed by atoms with van der Waals surface area (Å²) in [6, 6.07) is 2.03. The van der Waals surface area contributed by atoms with Crippen molar-refractivity contribution in [1.29, 1.82) is 0 Å². The maximum Gasteiger partial charge on any atom is 0.220 e. The van der Waals surface area contributed by atoms with Crippen LogP contribution in [0.15, 0.2) is 12.3 Å². The molecule has 1 fully saturated rings. The Labute approximate surface area is 83.3 Å². The molecule has 1 aromatic rings. The lowest BCUT2D eigenvalue weighted by molar-refractivity contribution is -0.123. The first-order valence-corrected chi connectivity index (χ1v) is 4.87. The van der Waals surface area contributed by atoms with Gasteiger partial charge in [0.2, 0.25) is 5.91 Å². The van der Waals surface area contributed by atoms with E-state index in [0.29, 0.717) is 13.0 Å². The van der Waals surface area contributed by atoms with E-state index in [1.54, 1.807) is 6.20 Å². The first kappa shape index (κ1) is 9.24. The summed E-state index contributed by atoms with van der Waals surface area (Å²) in [7, 11) is 1.94. The van der Waals surface area contributed by atoms with Crippen LogP contribution in [0.3, 0.4) is 0 Å². The normalized spacial score (nSPS) is 27.4. The zero-order valence-corrected chi connectivity index (χ0v) is 8.58. The van der Waals surface area contributed by atoms with Crippen molar-refractivity contribution in [2.45, 2.75) is 25.2 Å². The van der Waals surface area contributed by atoms with E-state index in [-0.39, 0.29) is 11.3 Å². The summed E-state index contributed by atoms with van der Waals surface area (Å²) in [5.41, 5.74) is 1.23. The Morgan fingerprint density at radius 1 is 1.64 bits per heavy atom. The zero-order valence-electron chi connectivity index (χ0n) is 8.58. The molecule has 1 amide bonds. The number of aryl methyl sites for hydroxylation is 1. The number of hydrogen-bond acceptors (Lipinski definition) is 2. The van der Waals surface area contributed by atoms with Crippen molar-refractivity contribution >= 4 is 5.91 Å². The van der Waals surface area contributed by atoms with Gasteiger partial charge in [-0.3, -0.25) is 9.48 Å². The molecule has 1 saturated heterocycles. The van der Waals surface area contributed by atoms with Crippen LogP contribution in [0.5, 0.6) is 0 Å². The summed E-state index contributed by atoms with van der Waals surface area (Å²) in [4.78, 5) is 11.1. The van der Waals surface area contributed by atoms with Crippen molar-refractivity contribution in [3.8, 4) is 0 Å². The van der Waals surface area contributed by atoms with E-state index in [2.05, 4.69) is 17.3 Å². The number of nitrogens with one attached hydrogen (secondary N) is 1. The molecule has 0 radical (unpaired) electrons. The fourth-order valence-electron chi connectivity index (χ4n) is 2.04. The summed E-state index contributed by atoms with van der Waals surface area (Å²) in [5.74, 6) is 0.157. The molecule has 2 heterocycles. The first-order chi connectivity index (χ1) is 6.62. The second-order valence-corrected chi connectivity index (χ2v) is 4.18. The molecule has 0 bridgehead atoms. The van der Waals surface area contributed by atoms with Crippen LogP contribution in [0.1, 0.15) is 25.5 Å². The van der Waals surface area contributed by atoms with E-state index in [4.69, 9.17) is 0 Å². The van der Waals surface area contributed by atoms with Crippen LogP contribution in [0, 0.1) is 0 Å². The molecule has 2 rings (SSSR count). The van der Waals surface area contributed by atoms with Gasteiger partial charge in [0.1, 0.15) is 0 Å². The van der Waals surface area contributed by atoms with Gasteiger partial charge in [-0.25, -0.2) is 0 Å². The van der Waals surface area contributed by atoms with Gasteiger partial charge in [0, 0.05) is 37.3 Å². The van der Waals surface area contributed by atoms with Crippen LogP contribution in [-0.4, -0.2) is 22.2 Å². The maximum atomic E-state index is 11.1. The second-order valence-electron chi connectivity index (χ2n) is 4.18. The summed E-state index contributed by atoms with van der Waals surface area (Å²) in [5, 5.41) is 7.07. The minimum absolute atomic E-state index is 0.0408. The average molecular weight is 193 g/mol. The molecule has 0 aliphatic carbocycles. The molecule has 1 N–H and O–H groups in total. The number of amides is 1. The van der Waals surface area contributed by atoms with Crippen LogP contribution in [-0.2, 0) is 17.3 Å². The van der Waals surface area contributed by atoms with E-state index in [0.717, 1.165) is 6.42 Å². The number of rotatable bonds is 1. The predicted octanol–water partition coefficient (Wildman–Crippen LogP) is 0.588.